The molecule has 0 spiro atoms. The average Bonchev–Trinajstić information content (AvgIpc) is 2.41. The Morgan fingerprint density at radius 2 is 2.05 bits per heavy atom. The highest BCUT2D eigenvalue weighted by Crippen LogP contribution is 2.25. The van der Waals surface area contributed by atoms with E-state index in [1.807, 2.05) is 13.8 Å². The summed E-state index contributed by atoms with van der Waals surface area (Å²) in [4.78, 5) is 4.46. The minimum Gasteiger partial charge on any atom is -0.384 e. The van der Waals surface area contributed by atoms with Gasteiger partial charge in [-0.3, -0.25) is 5.41 Å². The Bertz CT molecular complexity index is 511. The molecule has 6 nitrogen and oxygen atoms in total. The van der Waals surface area contributed by atoms with Crippen LogP contribution in [0, 0.1) is 19.3 Å². The molecule has 2 rings (SSSR count). The van der Waals surface area contributed by atoms with Crippen LogP contribution >= 0.6 is 0 Å². The van der Waals surface area contributed by atoms with Gasteiger partial charge in [0.1, 0.15) is 5.84 Å². The molecule has 0 amide bonds. The van der Waals surface area contributed by atoms with Gasteiger partial charge in [0, 0.05) is 19.1 Å². The molecule has 20 heavy (non-hydrogen) atoms. The Labute approximate surface area is 120 Å². The van der Waals surface area contributed by atoms with Crippen molar-refractivity contribution in [3.63, 3.8) is 0 Å². The number of likely N-dealkylation sites (N-methyl/N-ethyl adjacent to an activating group) is 1. The second kappa shape index (κ2) is 5.75. The summed E-state index contributed by atoms with van der Waals surface area (Å²) < 4.78 is 0. The molecule has 1 aliphatic rings. The van der Waals surface area contributed by atoms with Gasteiger partial charge in [-0.15, -0.1) is 5.10 Å². The van der Waals surface area contributed by atoms with E-state index in [1.165, 1.54) is 6.42 Å². The molecule has 0 aromatic carbocycles. The fraction of sp³-hybridized carbons (Fsp3) is 0.643. The molecule has 1 atom stereocenters. The molecule has 1 aromatic rings. The van der Waals surface area contributed by atoms with Crippen molar-refractivity contribution in [2.24, 2.45) is 5.73 Å². The standard InChI is InChI=1S/C14H24N6/c1-9-10(2)17-18-14(12(9)13(15)16)20-7-5-6-11(8-20)19(3)4/h11H,5-8H2,1-4H3,(H3,15,16). The highest BCUT2D eigenvalue weighted by molar-refractivity contribution is 6.01. The van der Waals surface area contributed by atoms with Crippen LogP contribution in [0.5, 0.6) is 0 Å². The van der Waals surface area contributed by atoms with Crippen molar-refractivity contribution >= 4 is 11.7 Å². The Morgan fingerprint density at radius 3 is 2.65 bits per heavy atom. The summed E-state index contributed by atoms with van der Waals surface area (Å²) in [6.07, 6.45) is 2.31. The normalized spacial score (nSPS) is 19.4. The number of piperidine rings is 1. The van der Waals surface area contributed by atoms with Gasteiger partial charge in [-0.05, 0) is 46.3 Å². The summed E-state index contributed by atoms with van der Waals surface area (Å²) >= 11 is 0. The van der Waals surface area contributed by atoms with E-state index in [0.717, 1.165) is 42.1 Å². The van der Waals surface area contributed by atoms with Crippen LogP contribution in [0.3, 0.4) is 0 Å². The predicted octanol–water partition coefficient (Wildman–Crippen LogP) is 0.908. The Hall–Kier alpha value is -1.69. The lowest BCUT2D eigenvalue weighted by molar-refractivity contribution is 0.257. The van der Waals surface area contributed by atoms with Gasteiger partial charge in [0.15, 0.2) is 5.82 Å². The molecule has 0 radical (unpaired) electrons. The molecule has 1 saturated heterocycles. The number of anilines is 1. The Morgan fingerprint density at radius 1 is 1.35 bits per heavy atom. The quantitative estimate of drug-likeness (QED) is 0.633. The Kier molecular flexibility index (Phi) is 4.23. The molecule has 1 unspecified atom stereocenters. The van der Waals surface area contributed by atoms with Gasteiger partial charge in [-0.2, -0.15) is 5.10 Å². The molecule has 0 saturated carbocycles. The molecular formula is C14H24N6. The summed E-state index contributed by atoms with van der Waals surface area (Å²) in [7, 11) is 4.21. The zero-order chi connectivity index (χ0) is 14.9. The SMILES string of the molecule is Cc1nnc(N2CCCC(N(C)C)C2)c(C(=N)N)c1C. The zero-order valence-electron chi connectivity index (χ0n) is 12.8. The van der Waals surface area contributed by atoms with Crippen molar-refractivity contribution in [2.45, 2.75) is 32.7 Å². The second-order valence-corrected chi connectivity index (χ2v) is 5.73. The van der Waals surface area contributed by atoms with E-state index in [0.29, 0.717) is 6.04 Å². The van der Waals surface area contributed by atoms with Gasteiger partial charge < -0.3 is 15.5 Å². The lowest BCUT2D eigenvalue weighted by atomic mass is 10.0. The van der Waals surface area contributed by atoms with Gasteiger partial charge in [0.25, 0.3) is 0 Å². The minimum atomic E-state index is 0.0717. The number of nitrogen functional groups attached to an aromatic ring is 1. The van der Waals surface area contributed by atoms with Gasteiger partial charge in [-0.1, -0.05) is 0 Å². The number of hydrogen-bond donors (Lipinski definition) is 2. The molecular weight excluding hydrogens is 252 g/mol. The maximum absolute atomic E-state index is 7.84. The van der Waals surface area contributed by atoms with Crippen molar-refractivity contribution in [3.05, 3.63) is 16.8 Å². The highest BCUT2D eigenvalue weighted by atomic mass is 15.3. The number of amidine groups is 1. The van der Waals surface area contributed by atoms with E-state index in [1.54, 1.807) is 0 Å². The van der Waals surface area contributed by atoms with Gasteiger partial charge in [0.2, 0.25) is 0 Å². The molecule has 1 fully saturated rings. The molecule has 1 aliphatic heterocycles. The van der Waals surface area contributed by atoms with Crippen LogP contribution in [0.1, 0.15) is 29.7 Å². The van der Waals surface area contributed by atoms with E-state index < -0.39 is 0 Å². The molecule has 110 valence electrons. The van der Waals surface area contributed by atoms with E-state index in [-0.39, 0.29) is 5.84 Å². The predicted molar refractivity (Wildman–Crippen MR) is 81.4 cm³/mol. The van der Waals surface area contributed by atoms with Crippen molar-refractivity contribution < 1.29 is 0 Å². The maximum atomic E-state index is 7.84. The number of hydrogen-bond acceptors (Lipinski definition) is 5. The van der Waals surface area contributed by atoms with Crippen LogP contribution in [0.4, 0.5) is 5.82 Å². The molecule has 0 aliphatic carbocycles. The summed E-state index contributed by atoms with van der Waals surface area (Å²) in [5.41, 5.74) is 8.28. The van der Waals surface area contributed by atoms with Crippen LogP contribution in [-0.4, -0.2) is 54.2 Å². The molecule has 3 N–H and O–H groups in total. The smallest absolute Gasteiger partial charge is 0.162 e. The summed E-state index contributed by atoms with van der Waals surface area (Å²) in [5, 5.41) is 16.4. The first-order valence-electron chi connectivity index (χ1n) is 7.01. The molecule has 0 bridgehead atoms. The fourth-order valence-electron chi connectivity index (χ4n) is 2.71. The summed E-state index contributed by atoms with van der Waals surface area (Å²) in [5.74, 6) is 0.828. The number of nitrogens with one attached hydrogen (secondary N) is 1. The fourth-order valence-corrected chi connectivity index (χ4v) is 2.71. The first-order chi connectivity index (χ1) is 9.41. The highest BCUT2D eigenvalue weighted by Gasteiger charge is 2.26. The number of aromatic nitrogens is 2. The van der Waals surface area contributed by atoms with Crippen LogP contribution < -0.4 is 10.6 Å². The van der Waals surface area contributed by atoms with E-state index in [4.69, 9.17) is 11.1 Å². The van der Waals surface area contributed by atoms with Crippen LogP contribution in [0.2, 0.25) is 0 Å². The third-order valence-corrected chi connectivity index (χ3v) is 4.13. The maximum Gasteiger partial charge on any atom is 0.162 e. The first kappa shape index (κ1) is 14.7. The zero-order valence-corrected chi connectivity index (χ0v) is 12.8. The third kappa shape index (κ3) is 2.75. The number of rotatable bonds is 3. The molecule has 2 heterocycles. The van der Waals surface area contributed by atoms with E-state index in [9.17, 15) is 0 Å². The third-order valence-electron chi connectivity index (χ3n) is 4.13. The van der Waals surface area contributed by atoms with Gasteiger partial charge in [-0.25, -0.2) is 0 Å². The van der Waals surface area contributed by atoms with Crippen LogP contribution in [-0.2, 0) is 0 Å². The van der Waals surface area contributed by atoms with Crippen molar-refractivity contribution in [1.29, 1.82) is 5.41 Å². The van der Waals surface area contributed by atoms with Gasteiger partial charge >= 0.3 is 0 Å². The van der Waals surface area contributed by atoms with E-state index in [2.05, 4.69) is 34.1 Å². The average molecular weight is 276 g/mol. The number of nitrogens with two attached hydrogens (primary N) is 1. The summed E-state index contributed by atoms with van der Waals surface area (Å²) in [6, 6.07) is 0.506. The van der Waals surface area contributed by atoms with Crippen molar-refractivity contribution in [3.8, 4) is 0 Å². The molecule has 1 aromatic heterocycles. The number of aryl methyl sites for hydroxylation is 1. The van der Waals surface area contributed by atoms with Crippen molar-refractivity contribution in [2.75, 3.05) is 32.1 Å². The van der Waals surface area contributed by atoms with Gasteiger partial charge in [0.05, 0.1) is 11.3 Å². The van der Waals surface area contributed by atoms with Crippen LogP contribution in [0.15, 0.2) is 0 Å². The lowest BCUT2D eigenvalue weighted by Gasteiger charge is -2.37. The summed E-state index contributed by atoms with van der Waals surface area (Å²) in [6.45, 7) is 5.71. The lowest BCUT2D eigenvalue weighted by Crippen LogP contribution is -2.46. The topological polar surface area (TPSA) is 82.1 Å². The molecule has 6 heteroatoms. The monoisotopic (exact) mass is 276 g/mol. The van der Waals surface area contributed by atoms with E-state index >= 15 is 0 Å². The Balaban J connectivity index is 2.37. The van der Waals surface area contributed by atoms with Crippen LogP contribution in [0.25, 0.3) is 0 Å². The largest absolute Gasteiger partial charge is 0.384 e. The van der Waals surface area contributed by atoms with Crippen molar-refractivity contribution in [1.82, 2.24) is 15.1 Å². The minimum absolute atomic E-state index is 0.0717. The first-order valence-corrected chi connectivity index (χ1v) is 7.01. The second-order valence-electron chi connectivity index (χ2n) is 5.73. The number of nitrogens with zero attached hydrogens (tertiary/aromatic N) is 4.